The Hall–Kier alpha value is -2.78. The summed E-state index contributed by atoms with van der Waals surface area (Å²) >= 11 is 1.64. The lowest BCUT2D eigenvalue weighted by Crippen LogP contribution is -2.60. The van der Waals surface area contributed by atoms with Gasteiger partial charge in [-0.3, -0.25) is 14.4 Å². The summed E-state index contributed by atoms with van der Waals surface area (Å²) in [6.45, 7) is 18.6. The van der Waals surface area contributed by atoms with Crippen molar-refractivity contribution in [2.75, 3.05) is 37.7 Å². The van der Waals surface area contributed by atoms with E-state index in [2.05, 4.69) is 20.1 Å². The van der Waals surface area contributed by atoms with Crippen LogP contribution in [-0.2, 0) is 14.4 Å². The van der Waals surface area contributed by atoms with E-state index in [9.17, 15) is 19.5 Å². The lowest BCUT2D eigenvalue weighted by atomic mass is 9.65. The molecule has 40 heavy (non-hydrogen) atoms. The number of thioether (sulfide) groups is 1. The number of β-amino-alcohol motifs (C(OH)–C–C–N with tert-alkyl or cyclic N) is 1. The average molecular weight is 570 g/mol. The highest BCUT2D eigenvalue weighted by atomic mass is 32.2. The van der Waals surface area contributed by atoms with E-state index in [1.54, 1.807) is 38.6 Å². The van der Waals surface area contributed by atoms with Crippen LogP contribution in [0.15, 0.2) is 49.6 Å². The summed E-state index contributed by atoms with van der Waals surface area (Å²) in [6, 6.07) is 6.60. The third-order valence-corrected chi connectivity index (χ3v) is 10.6. The van der Waals surface area contributed by atoms with Gasteiger partial charge in [0.1, 0.15) is 11.8 Å². The third-order valence-electron chi connectivity index (χ3n) is 8.53. The maximum Gasteiger partial charge on any atom is 0.247 e. The van der Waals surface area contributed by atoms with Gasteiger partial charge in [0.25, 0.3) is 0 Å². The number of carbonyl (C=O) groups is 3. The molecule has 3 aliphatic heterocycles. The number of hydrogen-bond donors (Lipinski definition) is 1. The van der Waals surface area contributed by atoms with Crippen LogP contribution in [0.5, 0.6) is 5.75 Å². The fraction of sp³-hybridized carbons (Fsp3) is 0.581. The zero-order chi connectivity index (χ0) is 29.4. The van der Waals surface area contributed by atoms with Crippen molar-refractivity contribution in [1.82, 2.24) is 9.80 Å². The molecule has 2 bridgehead atoms. The van der Waals surface area contributed by atoms with Gasteiger partial charge in [-0.2, -0.15) is 0 Å². The Kier molecular flexibility index (Phi) is 8.76. The van der Waals surface area contributed by atoms with Crippen molar-refractivity contribution in [2.45, 2.75) is 62.6 Å². The normalized spacial score (nSPS) is 28.8. The predicted molar refractivity (Wildman–Crippen MR) is 159 cm³/mol. The molecular weight excluding hydrogens is 526 g/mol. The van der Waals surface area contributed by atoms with Crippen molar-refractivity contribution >= 4 is 35.2 Å². The van der Waals surface area contributed by atoms with Gasteiger partial charge < -0.3 is 24.5 Å². The molecule has 4 rings (SSSR count). The van der Waals surface area contributed by atoms with Gasteiger partial charge in [0.05, 0.1) is 29.8 Å². The molecule has 3 unspecified atom stereocenters. The standard InChI is InChI=1S/C31H43N3O5S/c1-8-15-32(21-11-13-22(14-12-21)39-10-3)27(36)24-23-19-20(4)31(40-23)25(24)28(37)33(17-18-35)26(31)29(38)34(16-9-2)30(5,6)7/h8-9,11-14,20,23-26,35H,1-2,10,15-19H2,3-7H3/t20?,23-,24+,25-,26?,31?/m0/s1. The van der Waals surface area contributed by atoms with Crippen LogP contribution in [0, 0.1) is 17.8 Å². The number of aliphatic hydroxyl groups is 1. The smallest absolute Gasteiger partial charge is 0.247 e. The molecule has 3 fully saturated rings. The molecule has 0 radical (unpaired) electrons. The van der Waals surface area contributed by atoms with Crippen LogP contribution in [-0.4, -0.2) is 87.1 Å². The van der Waals surface area contributed by atoms with Gasteiger partial charge in [0.2, 0.25) is 17.7 Å². The van der Waals surface area contributed by atoms with Crippen LogP contribution in [0.3, 0.4) is 0 Å². The molecule has 218 valence electrons. The summed E-state index contributed by atoms with van der Waals surface area (Å²) in [7, 11) is 0. The molecule has 6 atom stereocenters. The van der Waals surface area contributed by atoms with Gasteiger partial charge in [0, 0.05) is 36.1 Å². The summed E-state index contributed by atoms with van der Waals surface area (Å²) in [5, 5.41) is 9.86. The maximum atomic E-state index is 14.4. The Morgan fingerprint density at radius 2 is 1.82 bits per heavy atom. The van der Waals surface area contributed by atoms with Gasteiger partial charge in [-0.25, -0.2) is 0 Å². The second kappa shape index (κ2) is 11.6. The minimum absolute atomic E-state index is 0.0435. The highest BCUT2D eigenvalue weighted by molar-refractivity contribution is 8.02. The highest BCUT2D eigenvalue weighted by Crippen LogP contribution is 2.69. The monoisotopic (exact) mass is 569 g/mol. The molecule has 9 heteroatoms. The Labute approximate surface area is 242 Å². The minimum Gasteiger partial charge on any atom is -0.494 e. The average Bonchev–Trinajstić information content (AvgIpc) is 3.49. The Morgan fingerprint density at radius 1 is 1.18 bits per heavy atom. The molecule has 3 heterocycles. The number of likely N-dealkylation sites (tertiary alicyclic amines) is 1. The van der Waals surface area contributed by atoms with Crippen molar-refractivity contribution < 1.29 is 24.2 Å². The number of hydrogen-bond acceptors (Lipinski definition) is 6. The van der Waals surface area contributed by atoms with Gasteiger partial charge in [-0.1, -0.05) is 19.1 Å². The SMILES string of the molecule is C=CCN(C(=O)[C@@H]1[C@@H]2CC(C)C3(S2)C(C(=O)N(CC=C)C(C)(C)C)N(CCO)C(=O)[C@H]13)c1ccc(OCC)cc1. The summed E-state index contributed by atoms with van der Waals surface area (Å²) in [5.74, 6) is -0.979. The fourth-order valence-electron chi connectivity index (χ4n) is 6.92. The van der Waals surface area contributed by atoms with E-state index >= 15 is 0 Å². The minimum atomic E-state index is -0.766. The van der Waals surface area contributed by atoms with Crippen LogP contribution >= 0.6 is 11.8 Å². The topological polar surface area (TPSA) is 90.4 Å². The number of carbonyl (C=O) groups excluding carboxylic acids is 3. The second-order valence-corrected chi connectivity index (χ2v) is 13.4. The van der Waals surface area contributed by atoms with Crippen LogP contribution in [0.2, 0.25) is 0 Å². The van der Waals surface area contributed by atoms with Gasteiger partial charge in [-0.15, -0.1) is 24.9 Å². The van der Waals surface area contributed by atoms with Crippen molar-refractivity contribution in [2.24, 2.45) is 17.8 Å². The van der Waals surface area contributed by atoms with E-state index in [1.165, 1.54) is 0 Å². The number of aliphatic hydroxyl groups excluding tert-OH is 1. The third kappa shape index (κ3) is 4.85. The van der Waals surface area contributed by atoms with E-state index in [0.29, 0.717) is 25.4 Å². The Bertz CT molecular complexity index is 1150. The molecule has 1 aromatic carbocycles. The van der Waals surface area contributed by atoms with Crippen LogP contribution in [0.25, 0.3) is 0 Å². The van der Waals surface area contributed by atoms with E-state index in [4.69, 9.17) is 4.74 Å². The zero-order valence-corrected chi connectivity index (χ0v) is 25.2. The highest BCUT2D eigenvalue weighted by Gasteiger charge is 2.76. The maximum absolute atomic E-state index is 14.4. The molecular formula is C31H43N3O5S. The van der Waals surface area contributed by atoms with E-state index < -0.39 is 28.2 Å². The Morgan fingerprint density at radius 3 is 2.38 bits per heavy atom. The second-order valence-electron chi connectivity index (χ2n) is 11.9. The van der Waals surface area contributed by atoms with Crippen molar-refractivity contribution in [3.8, 4) is 5.75 Å². The number of benzene rings is 1. The number of nitrogens with zero attached hydrogens (tertiary/aromatic N) is 3. The van der Waals surface area contributed by atoms with Gasteiger partial charge in [-0.05, 0) is 64.3 Å². The summed E-state index contributed by atoms with van der Waals surface area (Å²) in [4.78, 5) is 47.9. The molecule has 8 nitrogen and oxygen atoms in total. The molecule has 0 aromatic heterocycles. The number of amides is 3. The molecule has 3 saturated heterocycles. The lowest BCUT2D eigenvalue weighted by Gasteiger charge is -2.44. The lowest BCUT2D eigenvalue weighted by molar-refractivity contribution is -0.145. The van der Waals surface area contributed by atoms with E-state index in [1.807, 2.05) is 52.0 Å². The first-order valence-corrected chi connectivity index (χ1v) is 15.0. The largest absolute Gasteiger partial charge is 0.494 e. The molecule has 0 saturated carbocycles. The molecule has 3 amide bonds. The van der Waals surface area contributed by atoms with Gasteiger partial charge in [0.15, 0.2) is 0 Å². The summed E-state index contributed by atoms with van der Waals surface area (Å²) < 4.78 is 4.82. The zero-order valence-electron chi connectivity index (χ0n) is 24.3. The van der Waals surface area contributed by atoms with Gasteiger partial charge >= 0.3 is 0 Å². The number of rotatable bonds is 11. The van der Waals surface area contributed by atoms with Crippen molar-refractivity contribution in [3.63, 3.8) is 0 Å². The number of fused-ring (bicyclic) bond motifs is 1. The first-order chi connectivity index (χ1) is 19.0. The van der Waals surface area contributed by atoms with E-state index in [0.717, 1.165) is 12.2 Å². The first-order valence-electron chi connectivity index (χ1n) is 14.1. The van der Waals surface area contributed by atoms with Crippen LogP contribution < -0.4 is 9.64 Å². The summed E-state index contributed by atoms with van der Waals surface area (Å²) in [5.41, 5.74) is 0.209. The van der Waals surface area contributed by atoms with Crippen LogP contribution in [0.1, 0.15) is 41.0 Å². The first kappa shape index (κ1) is 30.2. The molecule has 3 aliphatic rings. The van der Waals surface area contributed by atoms with Crippen molar-refractivity contribution in [3.05, 3.63) is 49.6 Å². The van der Waals surface area contributed by atoms with Crippen LogP contribution in [0.4, 0.5) is 5.69 Å². The number of ether oxygens (including phenoxy) is 1. The summed E-state index contributed by atoms with van der Waals surface area (Å²) in [6.07, 6.45) is 4.12. The quantitative estimate of drug-likeness (QED) is 0.409. The molecule has 1 spiro atoms. The molecule has 1 N–H and O–H groups in total. The molecule has 0 aliphatic carbocycles. The predicted octanol–water partition coefficient (Wildman–Crippen LogP) is 3.75. The molecule has 1 aromatic rings. The van der Waals surface area contributed by atoms with Crippen molar-refractivity contribution in [1.29, 1.82) is 0 Å². The van der Waals surface area contributed by atoms with E-state index in [-0.39, 0.29) is 42.0 Å². The number of anilines is 1. The Balaban J connectivity index is 1.76. The fourth-order valence-corrected chi connectivity index (χ4v) is 9.33.